The SMILES string of the molecule is [2H]C([2H])([2H])c1cc(F)ncc1-c1cccc(Br)c1. The molecule has 15 heavy (non-hydrogen) atoms. The first-order valence-electron chi connectivity index (χ1n) is 5.80. The molecule has 2 aromatic rings. The molecule has 0 aliphatic carbocycles. The minimum atomic E-state index is -2.37. The van der Waals surface area contributed by atoms with Crippen LogP contribution in [-0.2, 0) is 0 Å². The van der Waals surface area contributed by atoms with E-state index >= 15 is 0 Å². The molecular weight excluding hydrogens is 257 g/mol. The van der Waals surface area contributed by atoms with E-state index in [1.807, 2.05) is 6.07 Å². The highest BCUT2D eigenvalue weighted by atomic mass is 79.9. The van der Waals surface area contributed by atoms with Crippen LogP contribution in [0.2, 0.25) is 0 Å². The van der Waals surface area contributed by atoms with Crippen LogP contribution in [0.3, 0.4) is 0 Å². The number of pyridine rings is 1. The van der Waals surface area contributed by atoms with Gasteiger partial charge in [0.1, 0.15) is 0 Å². The third-order valence-corrected chi connectivity index (χ3v) is 2.50. The molecule has 1 nitrogen and oxygen atoms in total. The van der Waals surface area contributed by atoms with Gasteiger partial charge in [0.05, 0.1) is 0 Å². The lowest BCUT2D eigenvalue weighted by molar-refractivity contribution is 0.583. The fourth-order valence-electron chi connectivity index (χ4n) is 1.32. The van der Waals surface area contributed by atoms with E-state index in [9.17, 15) is 4.39 Å². The summed E-state index contributed by atoms with van der Waals surface area (Å²) in [5.74, 6) is -0.792. The molecule has 0 unspecified atom stereocenters. The second-order valence-corrected chi connectivity index (χ2v) is 3.98. The second kappa shape index (κ2) is 4.11. The third kappa shape index (κ3) is 2.23. The van der Waals surface area contributed by atoms with Gasteiger partial charge in [-0.05, 0) is 36.2 Å². The van der Waals surface area contributed by atoms with E-state index in [0.29, 0.717) is 11.1 Å². The summed E-state index contributed by atoms with van der Waals surface area (Å²) in [4.78, 5) is 3.53. The van der Waals surface area contributed by atoms with E-state index in [-0.39, 0.29) is 5.56 Å². The van der Waals surface area contributed by atoms with Crippen molar-refractivity contribution in [3.8, 4) is 11.1 Å². The number of rotatable bonds is 1. The zero-order chi connectivity index (χ0) is 13.3. The van der Waals surface area contributed by atoms with Gasteiger partial charge in [0.15, 0.2) is 0 Å². The average Bonchev–Trinajstić information content (AvgIpc) is 2.27. The Bertz CT molecular complexity index is 584. The molecule has 0 saturated heterocycles. The molecule has 0 aliphatic rings. The lowest BCUT2D eigenvalue weighted by atomic mass is 10.0. The molecule has 2 rings (SSSR count). The number of halogens is 2. The Balaban J connectivity index is 2.64. The van der Waals surface area contributed by atoms with Crippen molar-refractivity contribution in [2.75, 3.05) is 0 Å². The summed E-state index contributed by atoms with van der Waals surface area (Å²) >= 11 is 3.31. The van der Waals surface area contributed by atoms with Gasteiger partial charge in [-0.2, -0.15) is 4.39 Å². The van der Waals surface area contributed by atoms with Gasteiger partial charge in [0.25, 0.3) is 0 Å². The standard InChI is InChI=1S/C12H9BrFN/c1-8-5-12(14)15-7-11(8)9-3-2-4-10(13)6-9/h2-7H,1H3/i1D3. The van der Waals surface area contributed by atoms with Crippen molar-refractivity contribution in [2.24, 2.45) is 0 Å². The van der Waals surface area contributed by atoms with Crippen LogP contribution in [0.1, 0.15) is 9.68 Å². The largest absolute Gasteiger partial charge is 0.228 e. The molecule has 0 bridgehead atoms. The molecule has 0 saturated carbocycles. The molecule has 0 spiro atoms. The van der Waals surface area contributed by atoms with Crippen molar-refractivity contribution in [3.63, 3.8) is 0 Å². The summed E-state index contributed by atoms with van der Waals surface area (Å²) in [5.41, 5.74) is 1.06. The number of aryl methyl sites for hydroxylation is 1. The van der Waals surface area contributed by atoms with Crippen molar-refractivity contribution in [2.45, 2.75) is 6.85 Å². The Hall–Kier alpha value is -1.22. The first kappa shape index (κ1) is 7.12. The molecular formula is C12H9BrFN. The Morgan fingerprint density at radius 1 is 1.40 bits per heavy atom. The molecule has 0 amide bonds. The van der Waals surface area contributed by atoms with Crippen LogP contribution >= 0.6 is 15.9 Å². The van der Waals surface area contributed by atoms with Crippen molar-refractivity contribution in [1.29, 1.82) is 0 Å². The normalized spacial score (nSPS) is 14.1. The van der Waals surface area contributed by atoms with Crippen LogP contribution < -0.4 is 0 Å². The highest BCUT2D eigenvalue weighted by Crippen LogP contribution is 2.25. The quantitative estimate of drug-likeness (QED) is 0.714. The van der Waals surface area contributed by atoms with Gasteiger partial charge in [-0.3, -0.25) is 0 Å². The number of nitrogens with zero attached hydrogens (tertiary/aromatic N) is 1. The van der Waals surface area contributed by atoms with Crippen LogP contribution in [-0.4, -0.2) is 4.98 Å². The summed E-state index contributed by atoms with van der Waals surface area (Å²) in [6, 6.07) is 8.10. The van der Waals surface area contributed by atoms with Gasteiger partial charge in [-0.25, -0.2) is 4.98 Å². The summed E-state index contributed by atoms with van der Waals surface area (Å²) in [5, 5.41) is 0. The van der Waals surface area contributed by atoms with E-state index in [0.717, 1.165) is 10.5 Å². The van der Waals surface area contributed by atoms with Crippen LogP contribution in [0.15, 0.2) is 41.0 Å². The zero-order valence-electron chi connectivity index (χ0n) is 10.7. The van der Waals surface area contributed by atoms with Crippen LogP contribution in [0.25, 0.3) is 11.1 Å². The van der Waals surface area contributed by atoms with E-state index in [1.54, 1.807) is 18.2 Å². The summed E-state index contributed by atoms with van der Waals surface area (Å²) in [6.07, 6.45) is 1.25. The lowest BCUT2D eigenvalue weighted by Crippen LogP contribution is -1.88. The van der Waals surface area contributed by atoms with E-state index in [4.69, 9.17) is 4.11 Å². The fourth-order valence-corrected chi connectivity index (χ4v) is 1.72. The van der Waals surface area contributed by atoms with Gasteiger partial charge in [0, 0.05) is 20.3 Å². The van der Waals surface area contributed by atoms with Crippen molar-refractivity contribution >= 4 is 15.9 Å². The molecule has 1 heterocycles. The average molecular weight is 269 g/mol. The number of aromatic nitrogens is 1. The maximum absolute atomic E-state index is 13.1. The zero-order valence-corrected chi connectivity index (χ0v) is 9.25. The summed E-state index contributed by atoms with van der Waals surface area (Å²) in [6.45, 7) is -2.37. The van der Waals surface area contributed by atoms with E-state index in [2.05, 4.69) is 20.9 Å². The van der Waals surface area contributed by atoms with Crippen LogP contribution in [0.5, 0.6) is 0 Å². The summed E-state index contributed by atoms with van der Waals surface area (Å²) < 4.78 is 36.2. The molecule has 0 aliphatic heterocycles. The van der Waals surface area contributed by atoms with E-state index in [1.165, 1.54) is 6.20 Å². The van der Waals surface area contributed by atoms with Gasteiger partial charge >= 0.3 is 0 Å². The van der Waals surface area contributed by atoms with Crippen molar-refractivity contribution < 1.29 is 8.50 Å². The maximum atomic E-state index is 13.1. The van der Waals surface area contributed by atoms with Crippen molar-refractivity contribution in [1.82, 2.24) is 4.98 Å². The minimum absolute atomic E-state index is 0.0342. The Labute approximate surface area is 100 Å². The Morgan fingerprint density at radius 3 is 3.00 bits per heavy atom. The van der Waals surface area contributed by atoms with E-state index < -0.39 is 12.8 Å². The third-order valence-electron chi connectivity index (χ3n) is 2.01. The number of hydrogen-bond acceptors (Lipinski definition) is 1. The monoisotopic (exact) mass is 268 g/mol. The maximum Gasteiger partial charge on any atom is 0.213 e. The lowest BCUT2D eigenvalue weighted by Gasteiger charge is -2.05. The van der Waals surface area contributed by atoms with Gasteiger partial charge in [-0.15, -0.1) is 0 Å². The molecule has 3 heteroatoms. The molecule has 76 valence electrons. The molecule has 0 fully saturated rings. The highest BCUT2D eigenvalue weighted by molar-refractivity contribution is 9.10. The number of benzene rings is 1. The summed E-state index contributed by atoms with van der Waals surface area (Å²) in [7, 11) is 0. The highest BCUT2D eigenvalue weighted by Gasteiger charge is 2.03. The fraction of sp³-hybridized carbons (Fsp3) is 0.0833. The van der Waals surface area contributed by atoms with Gasteiger partial charge in [0.2, 0.25) is 5.95 Å². The predicted octanol–water partition coefficient (Wildman–Crippen LogP) is 3.96. The van der Waals surface area contributed by atoms with Crippen LogP contribution in [0.4, 0.5) is 4.39 Å². The second-order valence-electron chi connectivity index (χ2n) is 3.06. The smallest absolute Gasteiger partial charge is 0.213 e. The Kier molecular flexibility index (Phi) is 1.95. The molecule has 1 aromatic carbocycles. The first-order chi connectivity index (χ1) is 8.38. The Morgan fingerprint density at radius 2 is 2.27 bits per heavy atom. The predicted molar refractivity (Wildman–Crippen MR) is 62.1 cm³/mol. The van der Waals surface area contributed by atoms with Crippen molar-refractivity contribution in [3.05, 3.63) is 52.5 Å². The number of hydrogen-bond donors (Lipinski definition) is 0. The first-order valence-corrected chi connectivity index (χ1v) is 5.09. The molecule has 1 aromatic heterocycles. The van der Waals surface area contributed by atoms with Gasteiger partial charge in [-0.1, -0.05) is 28.1 Å². The topological polar surface area (TPSA) is 12.9 Å². The van der Waals surface area contributed by atoms with Crippen LogP contribution in [0, 0.1) is 12.8 Å². The minimum Gasteiger partial charge on any atom is -0.228 e. The van der Waals surface area contributed by atoms with Gasteiger partial charge < -0.3 is 0 Å². The molecule has 0 N–H and O–H groups in total. The molecule has 0 radical (unpaired) electrons. The molecule has 0 atom stereocenters.